The van der Waals surface area contributed by atoms with Gasteiger partial charge in [0.2, 0.25) is 0 Å². The Hall–Kier alpha value is -3.28. The van der Waals surface area contributed by atoms with E-state index in [9.17, 15) is 14.7 Å². The number of benzene rings is 2. The fraction of sp³-hybridized carbons (Fsp3) is 0.333. The highest BCUT2D eigenvalue weighted by molar-refractivity contribution is 6.46. The van der Waals surface area contributed by atoms with Crippen LogP contribution in [0.3, 0.4) is 0 Å². The summed E-state index contributed by atoms with van der Waals surface area (Å²) < 4.78 is 10.6. The molecule has 1 N–H and O–H groups in total. The van der Waals surface area contributed by atoms with E-state index < -0.39 is 17.7 Å². The van der Waals surface area contributed by atoms with Crippen LogP contribution in [-0.4, -0.2) is 42.5 Å². The van der Waals surface area contributed by atoms with Crippen LogP contribution in [0.25, 0.3) is 5.76 Å². The molecular weight excluding hydrogens is 382 g/mol. The number of rotatable bonds is 8. The van der Waals surface area contributed by atoms with Gasteiger partial charge in [0.25, 0.3) is 11.7 Å². The van der Waals surface area contributed by atoms with Gasteiger partial charge in [-0.2, -0.15) is 0 Å². The monoisotopic (exact) mass is 409 g/mol. The minimum absolute atomic E-state index is 0.0815. The number of methoxy groups -OCH3 is 2. The van der Waals surface area contributed by atoms with Crippen molar-refractivity contribution in [3.63, 3.8) is 0 Å². The molecule has 2 aromatic carbocycles. The summed E-state index contributed by atoms with van der Waals surface area (Å²) >= 11 is 0. The molecule has 1 saturated heterocycles. The van der Waals surface area contributed by atoms with E-state index in [1.165, 1.54) is 7.11 Å². The molecule has 6 nitrogen and oxygen atoms in total. The van der Waals surface area contributed by atoms with E-state index in [1.54, 1.807) is 48.4 Å². The number of ether oxygens (including phenoxy) is 2. The Bertz CT molecular complexity index is 966. The normalized spacial score (nSPS) is 18.0. The number of likely N-dealkylation sites (tertiary alicyclic amines) is 1. The van der Waals surface area contributed by atoms with Crippen molar-refractivity contribution in [2.75, 3.05) is 20.8 Å². The highest BCUT2D eigenvalue weighted by Crippen LogP contribution is 2.40. The zero-order valence-corrected chi connectivity index (χ0v) is 17.6. The first kappa shape index (κ1) is 21.4. The Labute approximate surface area is 176 Å². The SMILES string of the molecule is CCCCCN1C(=O)C(=O)/C(=C(\O)c2cccc(OC)c2)C1c1cccc(OC)c1. The van der Waals surface area contributed by atoms with Crippen molar-refractivity contribution in [3.05, 3.63) is 65.2 Å². The molecule has 6 heteroatoms. The predicted molar refractivity (Wildman–Crippen MR) is 115 cm³/mol. The molecule has 1 atom stereocenters. The molecule has 0 saturated carbocycles. The summed E-state index contributed by atoms with van der Waals surface area (Å²) in [5.74, 6) is -0.316. The van der Waals surface area contributed by atoms with Crippen LogP contribution in [0.15, 0.2) is 54.1 Å². The van der Waals surface area contributed by atoms with Crippen LogP contribution in [0.5, 0.6) is 11.5 Å². The molecule has 0 aromatic heterocycles. The minimum atomic E-state index is -0.681. The van der Waals surface area contributed by atoms with Gasteiger partial charge in [0.05, 0.1) is 25.8 Å². The summed E-state index contributed by atoms with van der Waals surface area (Å²) in [5.41, 5.74) is 1.22. The molecule has 0 aliphatic carbocycles. The highest BCUT2D eigenvalue weighted by Gasteiger charge is 2.45. The molecule has 0 bridgehead atoms. The van der Waals surface area contributed by atoms with E-state index in [2.05, 4.69) is 6.92 Å². The fourth-order valence-electron chi connectivity index (χ4n) is 3.73. The van der Waals surface area contributed by atoms with Crippen molar-refractivity contribution in [2.24, 2.45) is 0 Å². The molecule has 158 valence electrons. The van der Waals surface area contributed by atoms with Crippen molar-refractivity contribution in [1.29, 1.82) is 0 Å². The Morgan fingerprint density at radius 2 is 1.67 bits per heavy atom. The summed E-state index contributed by atoms with van der Waals surface area (Å²) in [5, 5.41) is 11.1. The number of amides is 1. The second kappa shape index (κ2) is 9.48. The third-order valence-electron chi connectivity index (χ3n) is 5.30. The lowest BCUT2D eigenvalue weighted by molar-refractivity contribution is -0.139. The van der Waals surface area contributed by atoms with Crippen LogP contribution in [0, 0.1) is 0 Å². The zero-order valence-electron chi connectivity index (χ0n) is 17.6. The lowest BCUT2D eigenvalue weighted by atomic mass is 9.95. The molecule has 1 fully saturated rings. The van der Waals surface area contributed by atoms with Crippen LogP contribution < -0.4 is 9.47 Å². The fourth-order valence-corrected chi connectivity index (χ4v) is 3.73. The Morgan fingerprint density at radius 1 is 1.00 bits per heavy atom. The Kier molecular flexibility index (Phi) is 6.77. The Balaban J connectivity index is 2.14. The summed E-state index contributed by atoms with van der Waals surface area (Å²) in [6.45, 7) is 2.52. The standard InChI is InChI=1S/C24H27NO5/c1-4-5-6-13-25-21(16-9-7-11-18(14-16)29-2)20(23(27)24(25)28)22(26)17-10-8-12-19(15-17)30-3/h7-12,14-15,21,26H,4-6,13H2,1-3H3/b22-20-. The molecule has 3 rings (SSSR count). The number of carbonyl (C=O) groups excluding carboxylic acids is 2. The van der Waals surface area contributed by atoms with Crippen molar-refractivity contribution >= 4 is 17.4 Å². The summed E-state index contributed by atoms with van der Waals surface area (Å²) in [6.07, 6.45) is 2.73. The topological polar surface area (TPSA) is 76.1 Å². The van der Waals surface area contributed by atoms with Gasteiger partial charge in [0.15, 0.2) is 0 Å². The number of hydrogen-bond acceptors (Lipinski definition) is 5. The predicted octanol–water partition coefficient (Wildman–Crippen LogP) is 4.32. The van der Waals surface area contributed by atoms with E-state index in [0.717, 1.165) is 24.8 Å². The van der Waals surface area contributed by atoms with Gasteiger partial charge in [0, 0.05) is 12.1 Å². The van der Waals surface area contributed by atoms with Crippen LogP contribution in [0.2, 0.25) is 0 Å². The van der Waals surface area contributed by atoms with Gasteiger partial charge in [-0.3, -0.25) is 9.59 Å². The minimum Gasteiger partial charge on any atom is -0.507 e. The van der Waals surface area contributed by atoms with E-state index in [-0.39, 0.29) is 11.3 Å². The third kappa shape index (κ3) is 4.17. The molecule has 1 heterocycles. The van der Waals surface area contributed by atoms with Gasteiger partial charge < -0.3 is 19.5 Å². The molecular formula is C24H27NO5. The van der Waals surface area contributed by atoms with Crippen molar-refractivity contribution in [3.8, 4) is 11.5 Å². The first-order chi connectivity index (χ1) is 14.5. The quantitative estimate of drug-likeness (QED) is 0.304. The van der Waals surface area contributed by atoms with Gasteiger partial charge in [-0.15, -0.1) is 0 Å². The number of aliphatic hydroxyl groups is 1. The van der Waals surface area contributed by atoms with Crippen molar-refractivity contribution < 1.29 is 24.2 Å². The molecule has 1 aliphatic rings. The lowest BCUT2D eigenvalue weighted by Gasteiger charge is -2.25. The van der Waals surface area contributed by atoms with Gasteiger partial charge in [0.1, 0.15) is 17.3 Å². The van der Waals surface area contributed by atoms with Gasteiger partial charge in [-0.1, -0.05) is 44.0 Å². The molecule has 1 aliphatic heterocycles. The summed E-state index contributed by atoms with van der Waals surface area (Å²) in [6, 6.07) is 13.4. The van der Waals surface area contributed by atoms with Gasteiger partial charge in [-0.25, -0.2) is 0 Å². The second-order valence-corrected chi connectivity index (χ2v) is 7.21. The number of aliphatic hydroxyl groups excluding tert-OH is 1. The first-order valence-corrected chi connectivity index (χ1v) is 10.1. The molecule has 1 amide bonds. The molecule has 0 radical (unpaired) electrons. The maximum Gasteiger partial charge on any atom is 0.295 e. The Morgan fingerprint density at radius 3 is 2.33 bits per heavy atom. The van der Waals surface area contributed by atoms with Crippen molar-refractivity contribution in [1.82, 2.24) is 4.90 Å². The second-order valence-electron chi connectivity index (χ2n) is 7.21. The van der Waals surface area contributed by atoms with E-state index in [1.807, 2.05) is 12.1 Å². The first-order valence-electron chi connectivity index (χ1n) is 10.1. The van der Waals surface area contributed by atoms with Gasteiger partial charge >= 0.3 is 0 Å². The van der Waals surface area contributed by atoms with Crippen LogP contribution in [0.4, 0.5) is 0 Å². The van der Waals surface area contributed by atoms with Crippen LogP contribution in [0.1, 0.15) is 43.4 Å². The van der Waals surface area contributed by atoms with Crippen molar-refractivity contribution in [2.45, 2.75) is 32.2 Å². The third-order valence-corrected chi connectivity index (χ3v) is 5.30. The number of unbranched alkanes of at least 4 members (excludes halogenated alkanes) is 2. The molecule has 0 spiro atoms. The largest absolute Gasteiger partial charge is 0.507 e. The molecule has 2 aromatic rings. The number of ketones is 1. The maximum absolute atomic E-state index is 13.0. The molecule has 30 heavy (non-hydrogen) atoms. The van der Waals surface area contributed by atoms with E-state index in [0.29, 0.717) is 23.6 Å². The van der Waals surface area contributed by atoms with E-state index in [4.69, 9.17) is 9.47 Å². The average molecular weight is 409 g/mol. The molecule has 1 unspecified atom stereocenters. The summed E-state index contributed by atoms with van der Waals surface area (Å²) in [4.78, 5) is 27.4. The zero-order chi connectivity index (χ0) is 21.7. The lowest BCUT2D eigenvalue weighted by Crippen LogP contribution is -2.30. The highest BCUT2D eigenvalue weighted by atomic mass is 16.5. The average Bonchev–Trinajstić information content (AvgIpc) is 3.03. The van der Waals surface area contributed by atoms with Gasteiger partial charge in [-0.05, 0) is 36.2 Å². The number of Topliss-reactive ketones (excluding diaryl/α,β-unsaturated/α-hetero) is 1. The van der Waals surface area contributed by atoms with E-state index >= 15 is 0 Å². The smallest absolute Gasteiger partial charge is 0.295 e. The number of nitrogens with zero attached hydrogens (tertiary/aromatic N) is 1. The summed E-state index contributed by atoms with van der Waals surface area (Å²) in [7, 11) is 3.09. The maximum atomic E-state index is 13.0. The van der Waals surface area contributed by atoms with Crippen LogP contribution in [-0.2, 0) is 9.59 Å². The van der Waals surface area contributed by atoms with Crippen LogP contribution >= 0.6 is 0 Å². The number of carbonyl (C=O) groups is 2. The number of hydrogen-bond donors (Lipinski definition) is 1.